The van der Waals surface area contributed by atoms with E-state index in [4.69, 9.17) is 15.5 Å². The first kappa shape index (κ1) is 26.4. The van der Waals surface area contributed by atoms with E-state index >= 15 is 4.39 Å². The molecule has 0 spiro atoms. The van der Waals surface area contributed by atoms with Gasteiger partial charge in [0.2, 0.25) is 0 Å². The molecule has 2 atom stereocenters. The van der Waals surface area contributed by atoms with Gasteiger partial charge in [-0.2, -0.15) is 0 Å². The lowest BCUT2D eigenvalue weighted by atomic mass is 9.91. The minimum atomic E-state index is -0.341. The molecule has 5 nitrogen and oxygen atoms in total. The van der Waals surface area contributed by atoms with Gasteiger partial charge in [-0.25, -0.2) is 9.18 Å². The lowest BCUT2D eigenvalue weighted by molar-refractivity contribution is 0.0600. The zero-order chi connectivity index (χ0) is 27.4. The van der Waals surface area contributed by atoms with E-state index in [1.807, 2.05) is 54.6 Å². The molecule has 3 aromatic carbocycles. The first-order valence-corrected chi connectivity index (χ1v) is 13.5. The molecule has 4 aromatic rings. The molecule has 0 amide bonds. The van der Waals surface area contributed by atoms with Crippen molar-refractivity contribution in [2.75, 3.05) is 12.8 Å². The fourth-order valence-electron chi connectivity index (χ4n) is 5.45. The molecule has 3 N–H and O–H groups in total. The second-order valence-electron chi connectivity index (χ2n) is 10.3. The Morgan fingerprint density at radius 1 is 1.10 bits per heavy atom. The maximum Gasteiger partial charge on any atom is 0.337 e. The van der Waals surface area contributed by atoms with Gasteiger partial charge < -0.3 is 15.5 Å². The Bertz CT molecular complexity index is 1550. The highest BCUT2D eigenvalue weighted by atomic mass is 19.1. The van der Waals surface area contributed by atoms with E-state index in [9.17, 15) is 4.79 Å². The number of hydrogen-bond acceptors (Lipinski definition) is 4. The molecule has 39 heavy (non-hydrogen) atoms. The van der Waals surface area contributed by atoms with Crippen molar-refractivity contribution in [3.8, 4) is 0 Å². The third-order valence-electron chi connectivity index (χ3n) is 7.59. The number of allylic oxidation sites excluding steroid dienone is 2. The number of carbonyl (C=O) groups excluding carboxylic acids is 1. The summed E-state index contributed by atoms with van der Waals surface area (Å²) in [7, 11) is 1.39. The zero-order valence-corrected chi connectivity index (χ0v) is 22.4. The van der Waals surface area contributed by atoms with E-state index in [0.717, 1.165) is 59.7 Å². The molecule has 0 fully saturated rings. The molecule has 2 unspecified atom stereocenters. The van der Waals surface area contributed by atoms with Crippen LogP contribution in [-0.2, 0) is 24.0 Å². The summed E-state index contributed by atoms with van der Waals surface area (Å²) in [4.78, 5) is 20.3. The van der Waals surface area contributed by atoms with Crippen LogP contribution in [0.3, 0.4) is 0 Å². The van der Waals surface area contributed by atoms with Gasteiger partial charge in [-0.3, -0.25) is 4.99 Å². The summed E-state index contributed by atoms with van der Waals surface area (Å²) < 4.78 is 20.0. The summed E-state index contributed by atoms with van der Waals surface area (Å²) in [5.41, 5.74) is 12.2. The van der Waals surface area contributed by atoms with Gasteiger partial charge >= 0.3 is 5.97 Å². The SMILES string of the molecule is COC(=O)c1cccc(CC(C)C2CCC=CC(c3cc(CCc4c(N)[nH]c5ccccc45)ccc3F)=N2)c1. The van der Waals surface area contributed by atoms with Crippen molar-refractivity contribution >= 4 is 28.4 Å². The van der Waals surface area contributed by atoms with Crippen LogP contribution in [0.4, 0.5) is 10.2 Å². The molecule has 2 heterocycles. The number of carbonyl (C=O) groups is 1. The van der Waals surface area contributed by atoms with Crippen molar-refractivity contribution in [3.05, 3.63) is 113 Å². The van der Waals surface area contributed by atoms with Crippen LogP contribution in [0.2, 0.25) is 0 Å². The van der Waals surface area contributed by atoms with Crippen LogP contribution < -0.4 is 5.73 Å². The van der Waals surface area contributed by atoms with Crippen molar-refractivity contribution in [2.45, 2.75) is 45.1 Å². The maximum absolute atomic E-state index is 15.1. The van der Waals surface area contributed by atoms with Crippen LogP contribution in [-0.4, -0.2) is 29.8 Å². The van der Waals surface area contributed by atoms with Gasteiger partial charge in [-0.05, 0) is 85.6 Å². The summed E-state index contributed by atoms with van der Waals surface area (Å²) >= 11 is 0. The van der Waals surface area contributed by atoms with E-state index < -0.39 is 0 Å². The molecular weight excluding hydrogens is 489 g/mol. The topological polar surface area (TPSA) is 80.5 Å². The molecule has 5 rings (SSSR count). The molecule has 1 aliphatic heterocycles. The number of esters is 1. The normalized spacial score (nSPS) is 16.1. The van der Waals surface area contributed by atoms with E-state index in [1.54, 1.807) is 12.1 Å². The second kappa shape index (κ2) is 11.7. The Kier molecular flexibility index (Phi) is 7.92. The summed E-state index contributed by atoms with van der Waals surface area (Å²) in [5.74, 6) is 0.284. The summed E-state index contributed by atoms with van der Waals surface area (Å²) in [6, 6.07) is 21.0. The third-order valence-corrected chi connectivity index (χ3v) is 7.59. The highest BCUT2D eigenvalue weighted by molar-refractivity contribution is 6.09. The molecule has 200 valence electrons. The number of benzene rings is 3. The Labute approximate surface area is 228 Å². The minimum Gasteiger partial charge on any atom is -0.465 e. The van der Waals surface area contributed by atoms with Crippen LogP contribution in [0, 0.1) is 11.7 Å². The number of hydrogen-bond donors (Lipinski definition) is 2. The molecule has 1 aliphatic rings. The van der Waals surface area contributed by atoms with E-state index in [0.29, 0.717) is 22.7 Å². The Hall–Kier alpha value is -4.19. The number of aliphatic imine (C=N–C) groups is 1. The van der Waals surface area contributed by atoms with Gasteiger partial charge in [0.25, 0.3) is 0 Å². The smallest absolute Gasteiger partial charge is 0.337 e. The predicted octanol–water partition coefficient (Wildman–Crippen LogP) is 6.85. The van der Waals surface area contributed by atoms with Crippen molar-refractivity contribution in [1.82, 2.24) is 4.98 Å². The minimum absolute atomic E-state index is 0.0332. The number of para-hydroxylation sites is 1. The lowest BCUT2D eigenvalue weighted by Crippen LogP contribution is -2.20. The van der Waals surface area contributed by atoms with Crippen LogP contribution in [0.1, 0.15) is 52.4 Å². The Balaban J connectivity index is 1.35. The standard InChI is InChI=1S/C33H34FN3O2/c1-21(18-23-8-7-9-24(19-23)33(38)39-2)29-11-5-6-13-31(36-29)27-20-22(15-17-28(27)34)14-16-26-25-10-3-4-12-30(25)37-32(26)35/h3-4,6-10,12-13,15,17,19-21,29,37H,5,11,14,16,18,35H2,1-2H3. The monoisotopic (exact) mass is 523 g/mol. The van der Waals surface area contributed by atoms with Gasteiger partial charge in [0, 0.05) is 22.0 Å². The van der Waals surface area contributed by atoms with Crippen LogP contribution in [0.5, 0.6) is 0 Å². The number of H-pyrrole nitrogens is 1. The summed E-state index contributed by atoms with van der Waals surface area (Å²) in [6.45, 7) is 2.17. The van der Waals surface area contributed by atoms with Crippen molar-refractivity contribution in [1.29, 1.82) is 0 Å². The number of rotatable bonds is 8. The second-order valence-corrected chi connectivity index (χ2v) is 10.3. The quantitative estimate of drug-likeness (QED) is 0.248. The number of nitrogens with zero attached hydrogens (tertiary/aromatic N) is 1. The number of aryl methyl sites for hydroxylation is 2. The molecular formula is C33H34FN3O2. The van der Waals surface area contributed by atoms with Crippen molar-refractivity contribution in [3.63, 3.8) is 0 Å². The lowest BCUT2D eigenvalue weighted by Gasteiger charge is -2.21. The average molecular weight is 524 g/mol. The van der Waals surface area contributed by atoms with E-state index in [-0.39, 0.29) is 23.7 Å². The molecule has 0 bridgehead atoms. The highest BCUT2D eigenvalue weighted by Crippen LogP contribution is 2.27. The molecule has 6 heteroatoms. The molecule has 0 aliphatic carbocycles. The Morgan fingerprint density at radius 3 is 2.79 bits per heavy atom. The Morgan fingerprint density at radius 2 is 1.95 bits per heavy atom. The van der Waals surface area contributed by atoms with Gasteiger partial charge in [0.05, 0.1) is 24.4 Å². The number of nitrogen functional groups attached to an aromatic ring is 1. The predicted molar refractivity (Wildman–Crippen MR) is 156 cm³/mol. The molecule has 0 radical (unpaired) electrons. The summed E-state index contributed by atoms with van der Waals surface area (Å²) in [5, 5.41) is 1.13. The molecule has 0 saturated heterocycles. The van der Waals surface area contributed by atoms with Gasteiger partial charge in [0.1, 0.15) is 11.6 Å². The number of nitrogens with one attached hydrogen (secondary N) is 1. The first-order valence-electron chi connectivity index (χ1n) is 13.5. The first-order chi connectivity index (χ1) is 18.9. The highest BCUT2D eigenvalue weighted by Gasteiger charge is 2.21. The fourth-order valence-corrected chi connectivity index (χ4v) is 5.45. The number of halogens is 1. The number of ether oxygens (including phenoxy) is 1. The number of methoxy groups -OCH3 is 1. The van der Waals surface area contributed by atoms with Crippen molar-refractivity contribution < 1.29 is 13.9 Å². The van der Waals surface area contributed by atoms with Crippen LogP contribution in [0.25, 0.3) is 10.9 Å². The number of nitrogens with two attached hydrogens (primary N) is 1. The average Bonchev–Trinajstić information content (AvgIpc) is 3.09. The summed E-state index contributed by atoms with van der Waals surface area (Å²) in [6.07, 6.45) is 8.07. The van der Waals surface area contributed by atoms with Gasteiger partial charge in [-0.15, -0.1) is 0 Å². The van der Waals surface area contributed by atoms with E-state index in [2.05, 4.69) is 24.1 Å². The molecule has 0 saturated carbocycles. The largest absolute Gasteiger partial charge is 0.465 e. The fraction of sp³-hybridized carbons (Fsp3) is 0.273. The maximum atomic E-state index is 15.1. The van der Waals surface area contributed by atoms with Crippen LogP contribution >= 0.6 is 0 Å². The number of aromatic nitrogens is 1. The van der Waals surface area contributed by atoms with Crippen LogP contribution in [0.15, 0.2) is 83.9 Å². The van der Waals surface area contributed by atoms with Crippen molar-refractivity contribution in [2.24, 2.45) is 10.9 Å². The number of fused-ring (bicyclic) bond motifs is 1. The van der Waals surface area contributed by atoms with Gasteiger partial charge in [-0.1, -0.05) is 49.4 Å². The number of aromatic amines is 1. The van der Waals surface area contributed by atoms with E-state index in [1.165, 1.54) is 7.11 Å². The number of anilines is 1. The molecule has 1 aromatic heterocycles. The zero-order valence-electron chi connectivity index (χ0n) is 22.4. The van der Waals surface area contributed by atoms with Gasteiger partial charge in [0.15, 0.2) is 0 Å². The third kappa shape index (κ3) is 5.95.